The molecular weight excluding hydrogens is 353 g/mol. The normalized spacial score (nSPS) is 11.3. The third kappa shape index (κ3) is 4.30. The van der Waals surface area contributed by atoms with Crippen molar-refractivity contribution >= 4 is 21.7 Å². The average Bonchev–Trinajstić information content (AvgIpc) is 2.45. The number of halogens is 4. The third-order valence-corrected chi connectivity index (χ3v) is 2.93. The Bertz CT molecular complexity index is 619. The Labute approximate surface area is 126 Å². The molecule has 0 bridgehead atoms. The molecule has 2 aromatic rings. The quantitative estimate of drug-likeness (QED) is 0.645. The zero-order valence-electron chi connectivity index (χ0n) is 10.5. The maximum absolute atomic E-state index is 12.6. The molecule has 2 rings (SSSR count). The summed E-state index contributed by atoms with van der Waals surface area (Å²) in [5.41, 5.74) is 2.83. The summed E-state index contributed by atoms with van der Waals surface area (Å²) in [5.74, 6) is 3.38. The molecule has 0 radical (unpaired) electrons. The van der Waals surface area contributed by atoms with Gasteiger partial charge in [-0.15, -0.1) is 0 Å². The number of rotatable bonds is 4. The first kappa shape index (κ1) is 15.5. The number of nitrogens with one attached hydrogen (secondary N) is 1. The lowest BCUT2D eigenvalue weighted by atomic mass is 10.2. The number of anilines is 1. The number of hydrogen-bond donors (Lipinski definition) is 2. The van der Waals surface area contributed by atoms with Crippen molar-refractivity contribution in [3.8, 4) is 5.88 Å². The van der Waals surface area contributed by atoms with Gasteiger partial charge in [-0.1, -0.05) is 28.1 Å². The molecule has 1 aromatic carbocycles. The molecule has 0 aliphatic heterocycles. The topological polar surface area (TPSA) is 73.1 Å². The van der Waals surface area contributed by atoms with E-state index in [4.69, 9.17) is 10.6 Å². The van der Waals surface area contributed by atoms with E-state index in [1.165, 1.54) is 6.07 Å². The highest BCUT2D eigenvalue weighted by Gasteiger charge is 2.35. The number of ether oxygens (including phenoxy) is 1. The second-order valence-electron chi connectivity index (χ2n) is 3.97. The van der Waals surface area contributed by atoms with Crippen LogP contribution in [0.15, 0.2) is 34.8 Å². The largest absolute Gasteiger partial charge is 0.473 e. The van der Waals surface area contributed by atoms with Crippen LogP contribution >= 0.6 is 15.9 Å². The van der Waals surface area contributed by atoms with Crippen LogP contribution in [0.25, 0.3) is 0 Å². The Morgan fingerprint density at radius 3 is 2.43 bits per heavy atom. The summed E-state index contributed by atoms with van der Waals surface area (Å²) >= 11 is 3.28. The minimum atomic E-state index is -4.68. The molecule has 3 N–H and O–H groups in total. The van der Waals surface area contributed by atoms with Gasteiger partial charge in [0.1, 0.15) is 12.4 Å². The van der Waals surface area contributed by atoms with Crippen molar-refractivity contribution in [2.45, 2.75) is 12.8 Å². The highest BCUT2D eigenvalue weighted by molar-refractivity contribution is 9.10. The van der Waals surface area contributed by atoms with E-state index < -0.39 is 12.0 Å². The molecule has 0 aliphatic rings. The van der Waals surface area contributed by atoms with Crippen LogP contribution < -0.4 is 16.0 Å². The van der Waals surface area contributed by atoms with Crippen LogP contribution in [0.1, 0.15) is 11.4 Å². The second kappa shape index (κ2) is 6.27. The van der Waals surface area contributed by atoms with Crippen LogP contribution in [-0.4, -0.2) is 9.97 Å². The summed E-state index contributed by atoms with van der Waals surface area (Å²) in [4.78, 5) is 6.55. The number of nitrogens with two attached hydrogens (primary N) is 1. The van der Waals surface area contributed by atoms with Crippen LogP contribution in [0.3, 0.4) is 0 Å². The highest BCUT2D eigenvalue weighted by atomic mass is 79.9. The zero-order chi connectivity index (χ0) is 15.5. The van der Waals surface area contributed by atoms with Gasteiger partial charge in [0.05, 0.1) is 0 Å². The van der Waals surface area contributed by atoms with E-state index in [0.717, 1.165) is 10.0 Å². The van der Waals surface area contributed by atoms with E-state index in [1.807, 2.05) is 5.43 Å². The van der Waals surface area contributed by atoms with Crippen LogP contribution in [0.2, 0.25) is 0 Å². The van der Waals surface area contributed by atoms with Gasteiger partial charge in [0.15, 0.2) is 0 Å². The molecule has 0 saturated carbocycles. The first-order valence-corrected chi connectivity index (χ1v) is 6.48. The van der Waals surface area contributed by atoms with Gasteiger partial charge in [0, 0.05) is 10.5 Å². The lowest BCUT2D eigenvalue weighted by Crippen LogP contribution is -2.16. The molecule has 0 spiro atoms. The summed E-state index contributed by atoms with van der Waals surface area (Å²) < 4.78 is 44.1. The second-order valence-corrected chi connectivity index (χ2v) is 4.89. The Hall–Kier alpha value is -1.87. The molecular formula is C12H10BrF3N4O. The van der Waals surface area contributed by atoms with Gasteiger partial charge in [-0.25, -0.2) is 10.8 Å². The Morgan fingerprint density at radius 1 is 1.19 bits per heavy atom. The van der Waals surface area contributed by atoms with Crippen molar-refractivity contribution in [1.29, 1.82) is 0 Å². The smallest absolute Gasteiger partial charge is 0.451 e. The summed E-state index contributed by atoms with van der Waals surface area (Å²) in [5, 5.41) is 0. The predicted octanol–water partition coefficient (Wildman–Crippen LogP) is 3.12. The van der Waals surface area contributed by atoms with E-state index in [-0.39, 0.29) is 18.3 Å². The zero-order valence-corrected chi connectivity index (χ0v) is 12.1. The monoisotopic (exact) mass is 362 g/mol. The van der Waals surface area contributed by atoms with Crippen molar-refractivity contribution in [2.24, 2.45) is 5.84 Å². The maximum Gasteiger partial charge on any atom is 0.451 e. The molecule has 0 atom stereocenters. The van der Waals surface area contributed by atoms with Gasteiger partial charge in [-0.2, -0.15) is 18.2 Å². The standard InChI is InChI=1S/C12H10BrF3N4O/c13-8-3-1-7(2-4-8)6-21-10-5-9(20-17)18-11(19-10)12(14,15)16/h1-5H,6,17H2,(H,18,19,20). The van der Waals surface area contributed by atoms with E-state index in [9.17, 15) is 13.2 Å². The molecule has 112 valence electrons. The molecule has 0 aliphatic carbocycles. The van der Waals surface area contributed by atoms with E-state index in [1.54, 1.807) is 24.3 Å². The number of nitrogens with zero attached hydrogens (tertiary/aromatic N) is 2. The minimum Gasteiger partial charge on any atom is -0.473 e. The number of alkyl halides is 3. The molecule has 0 saturated heterocycles. The summed E-state index contributed by atoms with van der Waals surface area (Å²) in [7, 11) is 0. The Kier molecular flexibility index (Phi) is 4.63. The summed E-state index contributed by atoms with van der Waals surface area (Å²) in [6.07, 6.45) is -4.68. The Morgan fingerprint density at radius 2 is 1.86 bits per heavy atom. The molecule has 5 nitrogen and oxygen atoms in total. The van der Waals surface area contributed by atoms with Crippen molar-refractivity contribution < 1.29 is 17.9 Å². The first-order valence-electron chi connectivity index (χ1n) is 5.68. The molecule has 1 heterocycles. The molecule has 1 aromatic heterocycles. The van der Waals surface area contributed by atoms with Crippen LogP contribution in [0.5, 0.6) is 5.88 Å². The van der Waals surface area contributed by atoms with E-state index >= 15 is 0 Å². The summed E-state index contributed by atoms with van der Waals surface area (Å²) in [6.45, 7) is 0.0750. The molecule has 9 heteroatoms. The van der Waals surface area contributed by atoms with Gasteiger partial charge in [-0.3, -0.25) is 0 Å². The lowest BCUT2D eigenvalue weighted by Gasteiger charge is -2.11. The molecule has 0 unspecified atom stereocenters. The van der Waals surface area contributed by atoms with Crippen LogP contribution in [0, 0.1) is 0 Å². The van der Waals surface area contributed by atoms with Gasteiger partial charge < -0.3 is 10.2 Å². The van der Waals surface area contributed by atoms with E-state index in [0.29, 0.717) is 0 Å². The average molecular weight is 363 g/mol. The van der Waals surface area contributed by atoms with Crippen molar-refractivity contribution in [1.82, 2.24) is 9.97 Å². The van der Waals surface area contributed by atoms with E-state index in [2.05, 4.69) is 25.9 Å². The number of hydrogen-bond acceptors (Lipinski definition) is 5. The third-order valence-electron chi connectivity index (χ3n) is 2.40. The Balaban J connectivity index is 2.17. The van der Waals surface area contributed by atoms with Crippen molar-refractivity contribution in [3.63, 3.8) is 0 Å². The van der Waals surface area contributed by atoms with Crippen LogP contribution in [-0.2, 0) is 12.8 Å². The van der Waals surface area contributed by atoms with Gasteiger partial charge in [0.2, 0.25) is 11.7 Å². The number of hydrazine groups is 1. The first-order chi connectivity index (χ1) is 9.88. The van der Waals surface area contributed by atoms with Crippen molar-refractivity contribution in [2.75, 3.05) is 5.43 Å². The van der Waals surface area contributed by atoms with Gasteiger partial charge >= 0.3 is 6.18 Å². The van der Waals surface area contributed by atoms with Gasteiger partial charge in [-0.05, 0) is 17.7 Å². The number of aromatic nitrogens is 2. The highest BCUT2D eigenvalue weighted by Crippen LogP contribution is 2.28. The minimum absolute atomic E-state index is 0.0750. The van der Waals surface area contributed by atoms with Gasteiger partial charge in [0.25, 0.3) is 0 Å². The number of nitrogen functional groups attached to an aromatic ring is 1. The fourth-order valence-electron chi connectivity index (χ4n) is 1.44. The lowest BCUT2D eigenvalue weighted by molar-refractivity contribution is -0.145. The number of benzene rings is 1. The van der Waals surface area contributed by atoms with Crippen molar-refractivity contribution in [3.05, 3.63) is 46.2 Å². The molecule has 0 fully saturated rings. The van der Waals surface area contributed by atoms with Crippen LogP contribution in [0.4, 0.5) is 19.0 Å². The fraction of sp³-hybridized carbons (Fsp3) is 0.167. The predicted molar refractivity (Wildman–Crippen MR) is 73.3 cm³/mol. The summed E-state index contributed by atoms with van der Waals surface area (Å²) in [6, 6.07) is 8.34. The SMILES string of the molecule is NNc1cc(OCc2ccc(Br)cc2)nc(C(F)(F)F)n1. The fourth-order valence-corrected chi connectivity index (χ4v) is 1.70. The molecule has 0 amide bonds. The maximum atomic E-state index is 12.6. The molecule has 21 heavy (non-hydrogen) atoms.